The Hall–Kier alpha value is -1.92. The molecule has 3 heterocycles. The molecule has 1 saturated carbocycles. The third-order valence-electron chi connectivity index (χ3n) is 8.07. The van der Waals surface area contributed by atoms with Gasteiger partial charge in [-0.1, -0.05) is 25.1 Å². The number of nitrogens with zero attached hydrogens (tertiary/aromatic N) is 1. The Labute approximate surface area is 184 Å². The van der Waals surface area contributed by atoms with Gasteiger partial charge in [-0.2, -0.15) is 0 Å². The molecule has 2 spiro atoms. The molecule has 168 valence electrons. The van der Waals surface area contributed by atoms with Gasteiger partial charge in [0.05, 0.1) is 18.8 Å². The first-order valence-corrected chi connectivity index (χ1v) is 11.9. The minimum absolute atomic E-state index is 0.230. The number of hydrogen-bond acceptors (Lipinski definition) is 5. The lowest BCUT2D eigenvalue weighted by Gasteiger charge is -2.39. The van der Waals surface area contributed by atoms with E-state index in [2.05, 4.69) is 6.92 Å². The number of carbonyl (C=O) groups excluding carboxylic acids is 2. The maximum Gasteiger partial charge on any atom is 0.339 e. The summed E-state index contributed by atoms with van der Waals surface area (Å²) in [4.78, 5) is 27.1. The summed E-state index contributed by atoms with van der Waals surface area (Å²) >= 11 is 0. The highest BCUT2D eigenvalue weighted by molar-refractivity contribution is 5.94. The van der Waals surface area contributed by atoms with E-state index in [0.29, 0.717) is 49.8 Å². The van der Waals surface area contributed by atoms with E-state index in [1.165, 1.54) is 0 Å². The van der Waals surface area contributed by atoms with E-state index in [-0.39, 0.29) is 17.7 Å². The van der Waals surface area contributed by atoms with Gasteiger partial charge in [-0.25, -0.2) is 4.79 Å². The number of hydrogen-bond donors (Lipinski definition) is 0. The third kappa shape index (κ3) is 3.89. The van der Waals surface area contributed by atoms with Crippen LogP contribution in [0.5, 0.6) is 0 Å². The molecule has 31 heavy (non-hydrogen) atoms. The van der Waals surface area contributed by atoms with E-state index in [1.807, 2.05) is 29.2 Å². The van der Waals surface area contributed by atoms with Crippen molar-refractivity contribution in [1.82, 2.24) is 4.90 Å². The number of ether oxygens (including phenoxy) is 3. The number of piperidine rings is 1. The van der Waals surface area contributed by atoms with Crippen molar-refractivity contribution in [3.63, 3.8) is 0 Å². The SMILES string of the molecule is CC(CCC(=O)N1CCC2(CC1)OC(=O)c1ccccc12)C1CCC2(CC1)OCCO2. The molecule has 0 N–H and O–H groups in total. The normalized spacial score (nSPS) is 25.6. The Morgan fingerprint density at radius 2 is 1.77 bits per heavy atom. The van der Waals surface area contributed by atoms with Crippen LogP contribution in [-0.4, -0.2) is 48.9 Å². The van der Waals surface area contributed by atoms with Crippen LogP contribution in [0.4, 0.5) is 0 Å². The van der Waals surface area contributed by atoms with Crippen molar-refractivity contribution in [3.8, 4) is 0 Å². The minimum atomic E-state index is -0.541. The molecule has 5 rings (SSSR count). The number of likely N-dealkylation sites (tertiary alicyclic amines) is 1. The fourth-order valence-corrected chi connectivity index (χ4v) is 6.01. The van der Waals surface area contributed by atoms with Gasteiger partial charge in [-0.05, 0) is 37.2 Å². The second kappa shape index (κ2) is 8.21. The van der Waals surface area contributed by atoms with Crippen LogP contribution in [0, 0.1) is 11.8 Å². The van der Waals surface area contributed by atoms with Gasteiger partial charge in [0.1, 0.15) is 5.60 Å². The summed E-state index contributed by atoms with van der Waals surface area (Å²) in [7, 11) is 0. The Kier molecular flexibility index (Phi) is 5.55. The van der Waals surface area contributed by atoms with Gasteiger partial charge in [0.15, 0.2) is 5.79 Å². The Morgan fingerprint density at radius 1 is 1.10 bits per heavy atom. The Balaban J connectivity index is 1.10. The summed E-state index contributed by atoms with van der Waals surface area (Å²) in [5.41, 5.74) is 1.13. The molecule has 1 aromatic carbocycles. The minimum Gasteiger partial charge on any atom is -0.450 e. The molecule has 2 saturated heterocycles. The van der Waals surface area contributed by atoms with E-state index in [1.54, 1.807) is 0 Å². The summed E-state index contributed by atoms with van der Waals surface area (Å²) in [6, 6.07) is 7.66. The highest BCUT2D eigenvalue weighted by atomic mass is 16.7. The zero-order chi connectivity index (χ0) is 21.5. The number of esters is 1. The van der Waals surface area contributed by atoms with E-state index in [4.69, 9.17) is 14.2 Å². The molecule has 0 radical (unpaired) electrons. The summed E-state index contributed by atoms with van der Waals surface area (Å²) < 4.78 is 17.5. The predicted octanol–water partition coefficient (Wildman–Crippen LogP) is 4.02. The van der Waals surface area contributed by atoms with Crippen molar-refractivity contribution in [2.24, 2.45) is 11.8 Å². The number of benzene rings is 1. The second-order valence-corrected chi connectivity index (χ2v) is 9.77. The molecule has 3 aliphatic heterocycles. The lowest BCUT2D eigenvalue weighted by Crippen LogP contribution is -2.45. The van der Waals surface area contributed by atoms with Gasteiger partial charge >= 0.3 is 5.97 Å². The summed E-state index contributed by atoms with van der Waals surface area (Å²) in [6.07, 6.45) is 7.08. The molecule has 1 aromatic rings. The molecule has 0 aromatic heterocycles. The number of rotatable bonds is 4. The molecule has 1 amide bonds. The van der Waals surface area contributed by atoms with Gasteiger partial charge in [-0.3, -0.25) is 4.79 Å². The topological polar surface area (TPSA) is 65.1 Å². The van der Waals surface area contributed by atoms with Crippen LogP contribution in [0.3, 0.4) is 0 Å². The Bertz CT molecular complexity index is 828. The standard InChI is InChI=1S/C25H33NO5/c1-18(19-8-10-25(11-9-19)29-16-17-30-25)6-7-22(27)26-14-12-24(13-15-26)21-5-3-2-4-20(21)23(28)31-24/h2-5,18-19H,6-17H2,1H3. The first-order chi connectivity index (χ1) is 15.0. The van der Waals surface area contributed by atoms with Crippen LogP contribution in [-0.2, 0) is 24.6 Å². The average Bonchev–Trinajstić information content (AvgIpc) is 3.36. The average molecular weight is 428 g/mol. The molecule has 6 heteroatoms. The monoisotopic (exact) mass is 427 g/mol. The highest BCUT2D eigenvalue weighted by Gasteiger charge is 2.47. The largest absolute Gasteiger partial charge is 0.450 e. The maximum absolute atomic E-state index is 12.9. The Morgan fingerprint density at radius 3 is 2.48 bits per heavy atom. The highest BCUT2D eigenvalue weighted by Crippen LogP contribution is 2.44. The molecule has 1 atom stereocenters. The van der Waals surface area contributed by atoms with Crippen molar-refractivity contribution in [1.29, 1.82) is 0 Å². The van der Waals surface area contributed by atoms with E-state index in [0.717, 1.165) is 50.9 Å². The van der Waals surface area contributed by atoms with Crippen LogP contribution in [0.15, 0.2) is 24.3 Å². The predicted molar refractivity (Wildman–Crippen MR) is 114 cm³/mol. The van der Waals surface area contributed by atoms with Gasteiger partial charge in [-0.15, -0.1) is 0 Å². The first kappa shape index (κ1) is 21.0. The molecule has 3 fully saturated rings. The van der Waals surface area contributed by atoms with E-state index >= 15 is 0 Å². The molecular formula is C25H33NO5. The molecule has 1 aliphatic carbocycles. The fourth-order valence-electron chi connectivity index (χ4n) is 6.01. The van der Waals surface area contributed by atoms with Crippen LogP contribution in [0.2, 0.25) is 0 Å². The number of carbonyl (C=O) groups is 2. The quantitative estimate of drug-likeness (QED) is 0.679. The number of fused-ring (bicyclic) bond motifs is 2. The smallest absolute Gasteiger partial charge is 0.339 e. The van der Waals surface area contributed by atoms with Gasteiger partial charge in [0.2, 0.25) is 5.91 Å². The van der Waals surface area contributed by atoms with Gasteiger partial charge < -0.3 is 19.1 Å². The molecule has 1 unspecified atom stereocenters. The molecule has 0 bridgehead atoms. The zero-order valence-corrected chi connectivity index (χ0v) is 18.4. The van der Waals surface area contributed by atoms with Crippen molar-refractivity contribution in [2.75, 3.05) is 26.3 Å². The summed E-state index contributed by atoms with van der Waals surface area (Å²) in [5, 5.41) is 0. The van der Waals surface area contributed by atoms with Crippen molar-refractivity contribution in [3.05, 3.63) is 35.4 Å². The maximum atomic E-state index is 12.9. The zero-order valence-electron chi connectivity index (χ0n) is 18.4. The van der Waals surface area contributed by atoms with Crippen LogP contribution < -0.4 is 0 Å². The fraction of sp³-hybridized carbons (Fsp3) is 0.680. The van der Waals surface area contributed by atoms with E-state index < -0.39 is 5.60 Å². The number of amides is 1. The van der Waals surface area contributed by atoms with Gasteiger partial charge in [0, 0.05) is 50.8 Å². The van der Waals surface area contributed by atoms with E-state index in [9.17, 15) is 9.59 Å². The summed E-state index contributed by atoms with van der Waals surface area (Å²) in [6.45, 7) is 5.02. The second-order valence-electron chi connectivity index (χ2n) is 9.77. The van der Waals surface area contributed by atoms with Crippen molar-refractivity contribution < 1.29 is 23.8 Å². The first-order valence-electron chi connectivity index (χ1n) is 11.9. The molecular weight excluding hydrogens is 394 g/mol. The third-order valence-corrected chi connectivity index (χ3v) is 8.07. The lowest BCUT2D eigenvalue weighted by molar-refractivity contribution is -0.184. The van der Waals surface area contributed by atoms with Crippen LogP contribution in [0.1, 0.15) is 74.2 Å². The van der Waals surface area contributed by atoms with Crippen molar-refractivity contribution >= 4 is 11.9 Å². The lowest BCUT2D eigenvalue weighted by atomic mass is 9.76. The molecule has 4 aliphatic rings. The van der Waals surface area contributed by atoms with Crippen LogP contribution in [0.25, 0.3) is 0 Å². The van der Waals surface area contributed by atoms with Crippen LogP contribution >= 0.6 is 0 Å². The van der Waals surface area contributed by atoms with Gasteiger partial charge in [0.25, 0.3) is 0 Å². The molecule has 6 nitrogen and oxygen atoms in total. The van der Waals surface area contributed by atoms with Crippen molar-refractivity contribution in [2.45, 2.75) is 69.7 Å². The summed E-state index contributed by atoms with van der Waals surface area (Å²) in [5.74, 6) is 0.866.